The minimum absolute atomic E-state index is 0.0428. The van der Waals surface area contributed by atoms with E-state index in [0.29, 0.717) is 34.9 Å². The summed E-state index contributed by atoms with van der Waals surface area (Å²) in [5.41, 5.74) is 1.80. The van der Waals surface area contributed by atoms with Crippen LogP contribution in [0.4, 0.5) is 11.4 Å². The van der Waals surface area contributed by atoms with Gasteiger partial charge in [0.15, 0.2) is 0 Å². The standard InChI is InChI=1S/C27H25N3O5/c1-3-14-35-22-9-4-6-19(15-22)25(32)23-24(18-10-12-28-13-11-18)30(27(34)26(23)33)21-8-5-7-20(16-21)29-17(2)31/h4-13,15-16,24,32H,3,14H2,1-2H3,(H,29,31)/b25-23+. The van der Waals surface area contributed by atoms with Crippen molar-refractivity contribution in [2.75, 3.05) is 16.8 Å². The van der Waals surface area contributed by atoms with Crippen molar-refractivity contribution in [1.82, 2.24) is 4.98 Å². The molecule has 8 nitrogen and oxygen atoms in total. The molecule has 0 aliphatic carbocycles. The normalized spacial score (nSPS) is 16.9. The van der Waals surface area contributed by atoms with Crippen LogP contribution in [-0.4, -0.2) is 34.3 Å². The van der Waals surface area contributed by atoms with Crippen molar-refractivity contribution in [3.63, 3.8) is 0 Å². The van der Waals surface area contributed by atoms with Gasteiger partial charge in [0.25, 0.3) is 11.7 Å². The molecular formula is C27H25N3O5. The number of ketones is 1. The van der Waals surface area contributed by atoms with Gasteiger partial charge in [-0.05, 0) is 54.4 Å². The maximum absolute atomic E-state index is 13.3. The van der Waals surface area contributed by atoms with Gasteiger partial charge in [-0.1, -0.05) is 25.1 Å². The molecule has 4 rings (SSSR count). The van der Waals surface area contributed by atoms with Crippen molar-refractivity contribution in [1.29, 1.82) is 0 Å². The summed E-state index contributed by atoms with van der Waals surface area (Å²) in [6, 6.07) is 15.9. The Kier molecular flexibility index (Phi) is 6.91. The molecular weight excluding hydrogens is 446 g/mol. The molecule has 2 amide bonds. The van der Waals surface area contributed by atoms with Crippen molar-refractivity contribution >= 4 is 34.7 Å². The fourth-order valence-electron chi connectivity index (χ4n) is 4.01. The fraction of sp³-hybridized carbons (Fsp3) is 0.185. The summed E-state index contributed by atoms with van der Waals surface area (Å²) in [7, 11) is 0. The molecule has 2 aromatic carbocycles. The highest BCUT2D eigenvalue weighted by Crippen LogP contribution is 2.42. The zero-order chi connectivity index (χ0) is 24.9. The van der Waals surface area contributed by atoms with E-state index in [-0.39, 0.29) is 17.2 Å². The average molecular weight is 472 g/mol. The van der Waals surface area contributed by atoms with Crippen LogP contribution in [0.25, 0.3) is 5.76 Å². The molecule has 3 aromatic rings. The van der Waals surface area contributed by atoms with Gasteiger partial charge in [0.05, 0.1) is 18.2 Å². The number of rotatable bonds is 7. The molecule has 0 spiro atoms. The zero-order valence-electron chi connectivity index (χ0n) is 19.4. The van der Waals surface area contributed by atoms with Crippen molar-refractivity contribution in [2.24, 2.45) is 0 Å². The Labute approximate surface area is 202 Å². The minimum Gasteiger partial charge on any atom is -0.507 e. The quantitative estimate of drug-likeness (QED) is 0.299. The summed E-state index contributed by atoms with van der Waals surface area (Å²) in [4.78, 5) is 43.5. The largest absolute Gasteiger partial charge is 0.507 e. The first-order valence-corrected chi connectivity index (χ1v) is 11.2. The zero-order valence-corrected chi connectivity index (χ0v) is 19.4. The third-order valence-corrected chi connectivity index (χ3v) is 5.49. The molecule has 1 aromatic heterocycles. The van der Waals surface area contributed by atoms with Crippen LogP contribution in [0, 0.1) is 0 Å². The molecule has 1 unspecified atom stereocenters. The van der Waals surface area contributed by atoms with E-state index in [2.05, 4.69) is 10.3 Å². The van der Waals surface area contributed by atoms with Crippen molar-refractivity contribution < 1.29 is 24.2 Å². The third kappa shape index (κ3) is 4.91. The first kappa shape index (κ1) is 23.7. The number of benzene rings is 2. The fourth-order valence-corrected chi connectivity index (χ4v) is 4.01. The molecule has 8 heteroatoms. The Hall–Kier alpha value is -4.46. The number of Topliss-reactive ketones (excluding diaryl/α,β-unsaturated/α-hetero) is 1. The van der Waals surface area contributed by atoms with Crippen molar-refractivity contribution in [2.45, 2.75) is 26.3 Å². The van der Waals surface area contributed by atoms with Crippen LogP contribution in [0.15, 0.2) is 78.6 Å². The lowest BCUT2D eigenvalue weighted by Crippen LogP contribution is -2.29. The third-order valence-electron chi connectivity index (χ3n) is 5.49. The maximum atomic E-state index is 13.3. The summed E-state index contributed by atoms with van der Waals surface area (Å²) >= 11 is 0. The minimum atomic E-state index is -0.897. The van der Waals surface area contributed by atoms with E-state index < -0.39 is 17.7 Å². The van der Waals surface area contributed by atoms with Gasteiger partial charge < -0.3 is 15.2 Å². The topological polar surface area (TPSA) is 109 Å². The molecule has 2 N–H and O–H groups in total. The first-order valence-electron chi connectivity index (χ1n) is 11.2. The van der Waals surface area contributed by atoms with E-state index in [1.54, 1.807) is 73.1 Å². The van der Waals surface area contributed by atoms with Gasteiger partial charge in [-0.15, -0.1) is 0 Å². The Morgan fingerprint density at radius 2 is 1.83 bits per heavy atom. The summed E-state index contributed by atoms with van der Waals surface area (Å²) < 4.78 is 5.66. The van der Waals surface area contributed by atoms with Crippen LogP contribution >= 0.6 is 0 Å². The van der Waals surface area contributed by atoms with Gasteiger partial charge >= 0.3 is 0 Å². The number of nitrogens with one attached hydrogen (secondary N) is 1. The number of aromatic nitrogens is 1. The second kappa shape index (κ2) is 10.2. The van der Waals surface area contributed by atoms with Gasteiger partial charge in [-0.2, -0.15) is 0 Å². The number of aliphatic hydroxyl groups is 1. The molecule has 1 fully saturated rings. The highest BCUT2D eigenvalue weighted by Gasteiger charge is 2.47. The Morgan fingerprint density at radius 1 is 1.09 bits per heavy atom. The lowest BCUT2D eigenvalue weighted by atomic mass is 9.95. The summed E-state index contributed by atoms with van der Waals surface area (Å²) in [5.74, 6) is -1.61. The lowest BCUT2D eigenvalue weighted by Gasteiger charge is -2.25. The smallest absolute Gasteiger partial charge is 0.300 e. The van der Waals surface area contributed by atoms with E-state index >= 15 is 0 Å². The second-order valence-corrected chi connectivity index (χ2v) is 8.06. The summed E-state index contributed by atoms with van der Waals surface area (Å²) in [5, 5.41) is 14.0. The van der Waals surface area contributed by atoms with E-state index in [0.717, 1.165) is 6.42 Å². The summed E-state index contributed by atoms with van der Waals surface area (Å²) in [6.45, 7) is 3.88. The van der Waals surface area contributed by atoms with E-state index in [1.165, 1.54) is 11.8 Å². The molecule has 2 heterocycles. The molecule has 35 heavy (non-hydrogen) atoms. The van der Waals surface area contributed by atoms with Crippen LogP contribution in [-0.2, 0) is 14.4 Å². The molecule has 0 radical (unpaired) electrons. The van der Waals surface area contributed by atoms with Crippen molar-refractivity contribution in [3.05, 3.63) is 89.8 Å². The Morgan fingerprint density at radius 3 is 2.54 bits per heavy atom. The monoisotopic (exact) mass is 471 g/mol. The number of anilines is 2. The molecule has 1 aliphatic heterocycles. The van der Waals surface area contributed by atoms with Crippen LogP contribution in [0.3, 0.4) is 0 Å². The predicted molar refractivity (Wildman–Crippen MR) is 132 cm³/mol. The summed E-state index contributed by atoms with van der Waals surface area (Å²) in [6.07, 6.45) is 3.94. The number of aliphatic hydroxyl groups excluding tert-OH is 1. The molecule has 0 saturated carbocycles. The first-order chi connectivity index (χ1) is 16.9. The number of amides is 2. The van der Waals surface area contributed by atoms with Gasteiger partial charge in [-0.25, -0.2) is 0 Å². The Balaban J connectivity index is 1.86. The molecule has 178 valence electrons. The van der Waals surface area contributed by atoms with E-state index in [9.17, 15) is 19.5 Å². The maximum Gasteiger partial charge on any atom is 0.300 e. The molecule has 1 atom stereocenters. The number of hydrogen-bond acceptors (Lipinski definition) is 6. The van der Waals surface area contributed by atoms with E-state index in [1.807, 2.05) is 6.92 Å². The van der Waals surface area contributed by atoms with Crippen molar-refractivity contribution in [3.8, 4) is 5.75 Å². The molecule has 1 aliphatic rings. The second-order valence-electron chi connectivity index (χ2n) is 8.06. The highest BCUT2D eigenvalue weighted by molar-refractivity contribution is 6.51. The number of hydrogen-bond donors (Lipinski definition) is 2. The number of carbonyl (C=O) groups is 3. The number of ether oxygens (including phenoxy) is 1. The van der Waals surface area contributed by atoms with Crippen LogP contribution in [0.2, 0.25) is 0 Å². The molecule has 0 bridgehead atoms. The van der Waals surface area contributed by atoms with Gasteiger partial charge in [-0.3, -0.25) is 24.3 Å². The SMILES string of the molecule is CCCOc1cccc(/C(O)=C2\C(=O)C(=O)N(c3cccc(NC(C)=O)c3)C2c2ccncc2)c1. The van der Waals surface area contributed by atoms with Crippen LogP contribution in [0.1, 0.15) is 37.4 Å². The Bertz CT molecular complexity index is 1300. The van der Waals surface area contributed by atoms with Crippen LogP contribution in [0.5, 0.6) is 5.75 Å². The molecule has 1 saturated heterocycles. The highest BCUT2D eigenvalue weighted by atomic mass is 16.5. The van der Waals surface area contributed by atoms with E-state index in [4.69, 9.17) is 4.74 Å². The lowest BCUT2D eigenvalue weighted by molar-refractivity contribution is -0.132. The van der Waals surface area contributed by atoms with Gasteiger partial charge in [0.2, 0.25) is 5.91 Å². The number of pyridine rings is 1. The van der Waals surface area contributed by atoms with Crippen LogP contribution < -0.4 is 15.0 Å². The van der Waals surface area contributed by atoms with Gasteiger partial charge in [0, 0.05) is 36.3 Å². The van der Waals surface area contributed by atoms with Gasteiger partial charge in [0.1, 0.15) is 11.5 Å². The number of nitrogens with zero attached hydrogens (tertiary/aromatic N) is 2. The predicted octanol–water partition coefficient (Wildman–Crippen LogP) is 4.46. The average Bonchev–Trinajstić information content (AvgIpc) is 3.13. The number of carbonyl (C=O) groups excluding carboxylic acids is 3.